The molecule has 2 saturated heterocycles. The smallest absolute Gasteiger partial charge is 0.323 e. The van der Waals surface area contributed by atoms with Gasteiger partial charge in [0.2, 0.25) is 0 Å². The molecule has 5 atom stereocenters. The van der Waals surface area contributed by atoms with Gasteiger partial charge in [0.25, 0.3) is 0 Å². The SMILES string of the molecule is C[C@H]1[C@@H](CN2CCC[C@H]2C(=O)OC(C)(C)C)O[C@@H](c2ccc(NC(=O)NC34CC5CC(CC(C5)C3)C4)cc2)O[C@H]1c1ccc(CO)cc1. The number of amides is 2. The number of nitrogens with one attached hydrogen (secondary N) is 2. The number of benzene rings is 2. The van der Waals surface area contributed by atoms with Crippen LogP contribution in [0.1, 0.15) is 108 Å². The summed E-state index contributed by atoms with van der Waals surface area (Å²) < 4.78 is 19.1. The maximum atomic E-state index is 13.2. The molecule has 4 saturated carbocycles. The van der Waals surface area contributed by atoms with Gasteiger partial charge in [-0.15, -0.1) is 0 Å². The number of esters is 1. The lowest BCUT2D eigenvalue weighted by atomic mass is 9.53. The van der Waals surface area contributed by atoms with Gasteiger partial charge in [-0.1, -0.05) is 43.3 Å². The third kappa shape index (κ3) is 7.30. The average molecular weight is 660 g/mol. The zero-order chi connectivity index (χ0) is 33.6. The van der Waals surface area contributed by atoms with Gasteiger partial charge in [-0.3, -0.25) is 9.69 Å². The molecule has 6 aliphatic rings. The molecule has 9 heteroatoms. The van der Waals surface area contributed by atoms with E-state index in [1.807, 2.05) is 69.3 Å². The Morgan fingerprint density at radius 2 is 1.56 bits per heavy atom. The van der Waals surface area contributed by atoms with E-state index in [-0.39, 0.29) is 48.3 Å². The number of ether oxygens (including phenoxy) is 3. The van der Waals surface area contributed by atoms with Gasteiger partial charge in [0.1, 0.15) is 11.6 Å². The van der Waals surface area contributed by atoms with E-state index >= 15 is 0 Å². The number of hydrogen-bond acceptors (Lipinski definition) is 7. The summed E-state index contributed by atoms with van der Waals surface area (Å²) in [7, 11) is 0. The van der Waals surface area contributed by atoms with Crippen molar-refractivity contribution in [1.82, 2.24) is 10.2 Å². The van der Waals surface area contributed by atoms with Crippen molar-refractivity contribution in [2.24, 2.45) is 23.7 Å². The number of urea groups is 1. The molecule has 0 spiro atoms. The molecule has 6 fully saturated rings. The lowest BCUT2D eigenvalue weighted by Gasteiger charge is -2.56. The van der Waals surface area contributed by atoms with E-state index in [9.17, 15) is 14.7 Å². The average Bonchev–Trinajstić information content (AvgIpc) is 3.49. The minimum atomic E-state index is -0.633. The maximum Gasteiger partial charge on any atom is 0.323 e. The van der Waals surface area contributed by atoms with E-state index in [1.165, 1.54) is 19.3 Å². The summed E-state index contributed by atoms with van der Waals surface area (Å²) in [5.41, 5.74) is 2.87. The fourth-order valence-electron chi connectivity index (χ4n) is 9.63. The lowest BCUT2D eigenvalue weighted by Crippen LogP contribution is -2.60. The Morgan fingerprint density at radius 3 is 2.17 bits per heavy atom. The second-order valence-electron chi connectivity index (χ2n) is 16.4. The topological polar surface area (TPSA) is 109 Å². The Bertz CT molecular complexity index is 1420. The van der Waals surface area contributed by atoms with Gasteiger partial charge in [-0.2, -0.15) is 0 Å². The Hall–Kier alpha value is -2.98. The predicted molar refractivity (Wildman–Crippen MR) is 183 cm³/mol. The van der Waals surface area contributed by atoms with Crippen LogP contribution in [0.25, 0.3) is 0 Å². The zero-order valence-electron chi connectivity index (χ0n) is 29.0. The molecule has 2 aromatic rings. The molecule has 2 aliphatic heterocycles. The maximum absolute atomic E-state index is 13.2. The van der Waals surface area contributed by atoms with Crippen molar-refractivity contribution in [2.45, 2.75) is 121 Å². The third-order valence-electron chi connectivity index (χ3n) is 11.4. The van der Waals surface area contributed by atoms with E-state index in [4.69, 9.17) is 14.2 Å². The summed E-state index contributed by atoms with van der Waals surface area (Å²) in [6.45, 7) is 9.23. The molecule has 2 amide bonds. The summed E-state index contributed by atoms with van der Waals surface area (Å²) in [5, 5.41) is 16.1. The van der Waals surface area contributed by atoms with Crippen LogP contribution in [0.4, 0.5) is 10.5 Å². The number of rotatable bonds is 8. The highest BCUT2D eigenvalue weighted by atomic mass is 16.7. The molecular formula is C39H53N3O6. The summed E-state index contributed by atoms with van der Waals surface area (Å²) in [6, 6.07) is 15.2. The molecule has 4 bridgehead atoms. The Kier molecular flexibility index (Phi) is 9.34. The highest BCUT2D eigenvalue weighted by molar-refractivity contribution is 5.89. The normalized spacial score (nSPS) is 34.6. The van der Waals surface area contributed by atoms with Gasteiger partial charge in [0.05, 0.1) is 18.8 Å². The number of anilines is 1. The first-order valence-electron chi connectivity index (χ1n) is 18.1. The van der Waals surface area contributed by atoms with Crippen molar-refractivity contribution in [3.05, 3.63) is 65.2 Å². The molecular weight excluding hydrogens is 606 g/mol. The molecule has 0 unspecified atom stereocenters. The molecule has 0 aromatic heterocycles. The summed E-state index contributed by atoms with van der Waals surface area (Å²) >= 11 is 0. The molecule has 9 nitrogen and oxygen atoms in total. The van der Waals surface area contributed by atoms with Crippen molar-refractivity contribution in [1.29, 1.82) is 0 Å². The second kappa shape index (κ2) is 13.4. The third-order valence-corrected chi connectivity index (χ3v) is 11.4. The first-order valence-corrected chi connectivity index (χ1v) is 18.1. The van der Waals surface area contributed by atoms with Crippen LogP contribution in [0, 0.1) is 23.7 Å². The van der Waals surface area contributed by atoms with Crippen molar-refractivity contribution in [2.75, 3.05) is 18.4 Å². The summed E-state index contributed by atoms with van der Waals surface area (Å²) in [6.07, 6.45) is 7.96. The molecule has 8 rings (SSSR count). The fraction of sp³-hybridized carbons (Fsp3) is 0.641. The van der Waals surface area contributed by atoms with Crippen molar-refractivity contribution in [3.63, 3.8) is 0 Å². The monoisotopic (exact) mass is 659 g/mol. The standard InChI is InChI=1S/C39H53N3O6/c1-24-33(22-42-15-5-6-32(42)35(44)48-38(2,3)4)46-36(47-34(24)29-9-7-25(23-43)8-10-29)30-11-13-31(14-12-30)40-37(45)41-39-19-26-16-27(20-39)18-28(17-26)21-39/h7-14,24,26-28,32-34,36,43H,5-6,15-23H2,1-4H3,(H2,40,41,45)/t24-,26?,27?,28?,32-,33+,34+,36+,39?/m0/s1. The summed E-state index contributed by atoms with van der Waals surface area (Å²) in [5.74, 6) is 2.12. The second-order valence-corrected chi connectivity index (χ2v) is 16.4. The van der Waals surface area contributed by atoms with Crippen molar-refractivity contribution < 1.29 is 28.9 Å². The molecule has 3 N–H and O–H groups in total. The number of carbonyl (C=O) groups excluding carboxylic acids is 2. The largest absolute Gasteiger partial charge is 0.459 e. The van der Waals surface area contributed by atoms with Gasteiger partial charge in [0, 0.05) is 29.3 Å². The molecule has 2 aromatic carbocycles. The first kappa shape index (κ1) is 33.5. The van der Waals surface area contributed by atoms with Gasteiger partial charge in [-0.05, 0) is 120 Å². The van der Waals surface area contributed by atoms with E-state index in [2.05, 4.69) is 22.5 Å². The first-order chi connectivity index (χ1) is 23.0. The van der Waals surface area contributed by atoms with Gasteiger partial charge < -0.3 is 30.0 Å². The number of carbonyl (C=O) groups is 2. The van der Waals surface area contributed by atoms with Crippen LogP contribution in [0.5, 0.6) is 0 Å². The molecule has 4 aliphatic carbocycles. The van der Waals surface area contributed by atoms with Crippen LogP contribution in [-0.2, 0) is 25.6 Å². The Labute approximate surface area is 285 Å². The molecule has 260 valence electrons. The molecule has 0 radical (unpaired) electrons. The minimum absolute atomic E-state index is 0.00432. The highest BCUT2D eigenvalue weighted by Gasteiger charge is 2.51. The summed E-state index contributed by atoms with van der Waals surface area (Å²) in [4.78, 5) is 28.5. The van der Waals surface area contributed by atoms with E-state index in [0.717, 1.165) is 78.8 Å². The zero-order valence-corrected chi connectivity index (χ0v) is 29.0. The van der Waals surface area contributed by atoms with Crippen LogP contribution in [-0.4, -0.2) is 58.4 Å². The Morgan fingerprint density at radius 1 is 0.938 bits per heavy atom. The van der Waals surface area contributed by atoms with Crippen LogP contribution in [0.3, 0.4) is 0 Å². The fourth-order valence-corrected chi connectivity index (χ4v) is 9.63. The minimum Gasteiger partial charge on any atom is -0.459 e. The lowest BCUT2D eigenvalue weighted by molar-refractivity contribution is -0.276. The van der Waals surface area contributed by atoms with E-state index in [1.54, 1.807) is 0 Å². The van der Waals surface area contributed by atoms with E-state index < -0.39 is 11.9 Å². The van der Waals surface area contributed by atoms with Crippen molar-refractivity contribution >= 4 is 17.7 Å². The van der Waals surface area contributed by atoms with E-state index in [0.29, 0.717) is 6.54 Å². The van der Waals surface area contributed by atoms with Crippen LogP contribution >= 0.6 is 0 Å². The van der Waals surface area contributed by atoms with Crippen molar-refractivity contribution in [3.8, 4) is 0 Å². The number of nitrogens with zero attached hydrogens (tertiary/aromatic N) is 1. The number of aliphatic hydroxyl groups excluding tert-OH is 1. The highest BCUT2D eigenvalue weighted by Crippen LogP contribution is 2.55. The number of aliphatic hydroxyl groups is 1. The van der Waals surface area contributed by atoms with Gasteiger partial charge in [0.15, 0.2) is 6.29 Å². The number of likely N-dealkylation sites (tertiary alicyclic amines) is 1. The number of hydrogen-bond donors (Lipinski definition) is 3. The van der Waals surface area contributed by atoms with Crippen LogP contribution < -0.4 is 10.6 Å². The molecule has 48 heavy (non-hydrogen) atoms. The van der Waals surface area contributed by atoms with Crippen LogP contribution in [0.15, 0.2) is 48.5 Å². The van der Waals surface area contributed by atoms with Gasteiger partial charge in [-0.25, -0.2) is 4.79 Å². The van der Waals surface area contributed by atoms with Gasteiger partial charge >= 0.3 is 12.0 Å². The Balaban J connectivity index is 1.05. The predicted octanol–water partition coefficient (Wildman–Crippen LogP) is 6.87. The quantitative estimate of drug-likeness (QED) is 0.266. The molecule has 2 heterocycles. The van der Waals surface area contributed by atoms with Crippen LogP contribution in [0.2, 0.25) is 0 Å².